The Balaban J connectivity index is 1.45. The van der Waals surface area contributed by atoms with Crippen molar-refractivity contribution in [2.45, 2.75) is 19.3 Å². The molecule has 0 atom stereocenters. The van der Waals surface area contributed by atoms with Crippen LogP contribution in [0.1, 0.15) is 17.5 Å². The first-order valence-electron chi connectivity index (χ1n) is 8.56. The topological polar surface area (TPSA) is 61.4 Å². The SMILES string of the molecule is O=C(CNc1ccc2c(c1)CCC2)Nc1cccc2ccc(O)cc12. The van der Waals surface area contributed by atoms with Crippen LogP contribution in [0, 0.1) is 0 Å². The maximum absolute atomic E-state index is 12.3. The van der Waals surface area contributed by atoms with Crippen molar-refractivity contribution in [3.8, 4) is 5.75 Å². The molecule has 3 N–H and O–H groups in total. The van der Waals surface area contributed by atoms with E-state index in [2.05, 4.69) is 22.8 Å². The number of fused-ring (bicyclic) bond motifs is 2. The van der Waals surface area contributed by atoms with E-state index in [1.807, 2.05) is 30.3 Å². The molecule has 0 spiro atoms. The normalized spacial score (nSPS) is 12.8. The lowest BCUT2D eigenvalue weighted by atomic mass is 10.1. The summed E-state index contributed by atoms with van der Waals surface area (Å²) < 4.78 is 0. The summed E-state index contributed by atoms with van der Waals surface area (Å²) in [6.07, 6.45) is 3.49. The number of carbonyl (C=O) groups excluding carboxylic acids is 1. The lowest BCUT2D eigenvalue weighted by molar-refractivity contribution is -0.114. The quantitative estimate of drug-likeness (QED) is 0.674. The average Bonchev–Trinajstić information content (AvgIpc) is 3.08. The molecule has 0 bridgehead atoms. The second kappa shape index (κ2) is 6.48. The second-order valence-corrected chi connectivity index (χ2v) is 6.45. The highest BCUT2D eigenvalue weighted by atomic mass is 16.3. The van der Waals surface area contributed by atoms with Crippen molar-refractivity contribution in [2.75, 3.05) is 17.2 Å². The molecule has 1 aliphatic rings. The molecule has 4 rings (SSSR count). The van der Waals surface area contributed by atoms with Gasteiger partial charge in [0.25, 0.3) is 0 Å². The molecule has 4 heteroatoms. The summed E-state index contributed by atoms with van der Waals surface area (Å²) in [6.45, 7) is 0.202. The standard InChI is InChI=1S/C21H20N2O2/c24-18-10-8-15-4-2-6-20(19(15)12-18)23-21(25)13-22-17-9-7-14-3-1-5-16(14)11-17/h2,4,6-12,22,24H,1,3,5,13H2,(H,23,25). The van der Waals surface area contributed by atoms with Gasteiger partial charge >= 0.3 is 0 Å². The van der Waals surface area contributed by atoms with Gasteiger partial charge in [0, 0.05) is 16.8 Å². The smallest absolute Gasteiger partial charge is 0.243 e. The summed E-state index contributed by atoms with van der Waals surface area (Å²) >= 11 is 0. The Hall–Kier alpha value is -3.01. The van der Waals surface area contributed by atoms with E-state index in [4.69, 9.17) is 0 Å². The van der Waals surface area contributed by atoms with E-state index in [9.17, 15) is 9.90 Å². The highest BCUT2D eigenvalue weighted by Crippen LogP contribution is 2.27. The van der Waals surface area contributed by atoms with Crippen LogP contribution >= 0.6 is 0 Å². The second-order valence-electron chi connectivity index (χ2n) is 6.45. The molecule has 0 aromatic heterocycles. The molecular weight excluding hydrogens is 312 g/mol. The number of nitrogens with one attached hydrogen (secondary N) is 2. The number of phenolic OH excluding ortho intramolecular Hbond substituents is 1. The minimum atomic E-state index is -0.114. The van der Waals surface area contributed by atoms with Crippen LogP contribution in [0.15, 0.2) is 54.6 Å². The Morgan fingerprint density at radius 3 is 2.80 bits per heavy atom. The molecule has 4 nitrogen and oxygen atoms in total. The van der Waals surface area contributed by atoms with Crippen LogP contribution in [0.4, 0.5) is 11.4 Å². The summed E-state index contributed by atoms with van der Waals surface area (Å²) in [6, 6.07) is 17.2. The van der Waals surface area contributed by atoms with E-state index < -0.39 is 0 Å². The predicted octanol–water partition coefficient (Wildman–Crippen LogP) is 4.08. The van der Waals surface area contributed by atoms with Gasteiger partial charge in [-0.25, -0.2) is 0 Å². The monoisotopic (exact) mass is 332 g/mol. The molecule has 0 unspecified atom stereocenters. The zero-order chi connectivity index (χ0) is 17.2. The van der Waals surface area contributed by atoms with Crippen molar-refractivity contribution < 1.29 is 9.90 Å². The van der Waals surface area contributed by atoms with Crippen LogP contribution in [0.2, 0.25) is 0 Å². The first-order valence-corrected chi connectivity index (χ1v) is 8.56. The third-order valence-corrected chi connectivity index (χ3v) is 4.69. The van der Waals surface area contributed by atoms with E-state index >= 15 is 0 Å². The number of phenols is 1. The molecular formula is C21H20N2O2. The predicted molar refractivity (Wildman–Crippen MR) is 101 cm³/mol. The summed E-state index contributed by atoms with van der Waals surface area (Å²) in [4.78, 5) is 12.3. The zero-order valence-electron chi connectivity index (χ0n) is 13.9. The highest BCUT2D eigenvalue weighted by molar-refractivity contribution is 6.03. The minimum Gasteiger partial charge on any atom is -0.508 e. The fourth-order valence-corrected chi connectivity index (χ4v) is 3.43. The summed E-state index contributed by atoms with van der Waals surface area (Å²) in [5, 5.41) is 17.6. The highest BCUT2D eigenvalue weighted by Gasteiger charge is 2.11. The number of anilines is 2. The maximum atomic E-state index is 12.3. The molecule has 0 saturated carbocycles. The Labute approximate surface area is 146 Å². The number of aromatic hydroxyl groups is 1. The van der Waals surface area contributed by atoms with Crippen molar-refractivity contribution in [1.29, 1.82) is 0 Å². The van der Waals surface area contributed by atoms with Gasteiger partial charge < -0.3 is 15.7 Å². The summed E-state index contributed by atoms with van der Waals surface area (Å²) in [5.41, 5.74) is 4.49. The zero-order valence-corrected chi connectivity index (χ0v) is 13.9. The lowest BCUT2D eigenvalue weighted by Crippen LogP contribution is -2.21. The Kier molecular flexibility index (Phi) is 4.02. The largest absolute Gasteiger partial charge is 0.508 e. The van der Waals surface area contributed by atoms with Crippen LogP contribution in [-0.4, -0.2) is 17.6 Å². The van der Waals surface area contributed by atoms with Crippen LogP contribution in [-0.2, 0) is 17.6 Å². The summed E-state index contributed by atoms with van der Waals surface area (Å²) in [5.74, 6) is 0.0711. The molecule has 0 fully saturated rings. The van der Waals surface area contributed by atoms with Crippen molar-refractivity contribution >= 4 is 28.1 Å². The fourth-order valence-electron chi connectivity index (χ4n) is 3.43. The Morgan fingerprint density at radius 1 is 1.00 bits per heavy atom. The molecule has 0 heterocycles. The third-order valence-electron chi connectivity index (χ3n) is 4.69. The molecule has 0 saturated heterocycles. The van der Waals surface area contributed by atoms with Gasteiger partial charge in [-0.1, -0.05) is 24.3 Å². The van der Waals surface area contributed by atoms with Crippen molar-refractivity contribution in [3.63, 3.8) is 0 Å². The summed E-state index contributed by atoms with van der Waals surface area (Å²) in [7, 11) is 0. The first kappa shape index (κ1) is 15.5. The first-order chi connectivity index (χ1) is 12.2. The fraction of sp³-hybridized carbons (Fsp3) is 0.190. The number of benzene rings is 3. The molecule has 0 radical (unpaired) electrons. The number of rotatable bonds is 4. The lowest BCUT2D eigenvalue weighted by Gasteiger charge is -2.11. The Bertz CT molecular complexity index is 950. The van der Waals surface area contributed by atoms with Gasteiger partial charge in [0.2, 0.25) is 5.91 Å². The van der Waals surface area contributed by atoms with Gasteiger partial charge in [-0.3, -0.25) is 4.79 Å². The molecule has 0 aliphatic heterocycles. The van der Waals surface area contributed by atoms with Crippen molar-refractivity contribution in [1.82, 2.24) is 0 Å². The molecule has 126 valence electrons. The number of carbonyl (C=O) groups is 1. The van der Waals surface area contributed by atoms with Gasteiger partial charge in [-0.2, -0.15) is 0 Å². The van der Waals surface area contributed by atoms with Gasteiger partial charge in [-0.05, 0) is 66.1 Å². The van der Waals surface area contributed by atoms with Crippen LogP contribution in [0.5, 0.6) is 5.75 Å². The van der Waals surface area contributed by atoms with Gasteiger partial charge in [0.05, 0.1) is 6.54 Å². The van der Waals surface area contributed by atoms with Crippen molar-refractivity contribution in [2.24, 2.45) is 0 Å². The molecule has 1 aliphatic carbocycles. The molecule has 3 aromatic carbocycles. The number of hydrogen-bond acceptors (Lipinski definition) is 3. The van der Waals surface area contributed by atoms with Gasteiger partial charge in [-0.15, -0.1) is 0 Å². The molecule has 3 aromatic rings. The van der Waals surface area contributed by atoms with Gasteiger partial charge in [0.1, 0.15) is 5.75 Å². The third kappa shape index (κ3) is 3.29. The minimum absolute atomic E-state index is 0.114. The maximum Gasteiger partial charge on any atom is 0.243 e. The van der Waals surface area contributed by atoms with E-state index in [1.54, 1.807) is 12.1 Å². The van der Waals surface area contributed by atoms with Gasteiger partial charge in [0.15, 0.2) is 0 Å². The molecule has 25 heavy (non-hydrogen) atoms. The van der Waals surface area contributed by atoms with E-state index in [-0.39, 0.29) is 18.2 Å². The Morgan fingerprint density at radius 2 is 1.88 bits per heavy atom. The van der Waals surface area contributed by atoms with Crippen LogP contribution in [0.3, 0.4) is 0 Å². The number of amides is 1. The van der Waals surface area contributed by atoms with E-state index in [1.165, 1.54) is 17.5 Å². The van der Waals surface area contributed by atoms with E-state index in [0.717, 1.165) is 29.3 Å². The van der Waals surface area contributed by atoms with Crippen LogP contribution < -0.4 is 10.6 Å². The van der Waals surface area contributed by atoms with Crippen molar-refractivity contribution in [3.05, 3.63) is 65.7 Å². The van der Waals surface area contributed by atoms with E-state index in [0.29, 0.717) is 5.69 Å². The molecule has 1 amide bonds. The number of aryl methyl sites for hydroxylation is 2. The number of hydrogen-bond donors (Lipinski definition) is 3. The van der Waals surface area contributed by atoms with Crippen LogP contribution in [0.25, 0.3) is 10.8 Å². The average molecular weight is 332 g/mol.